The number of hydrogen-bond acceptors (Lipinski definition) is 8. The van der Waals surface area contributed by atoms with Crippen molar-refractivity contribution in [3.63, 3.8) is 0 Å². The van der Waals surface area contributed by atoms with Crippen LogP contribution in [0.25, 0.3) is 44.4 Å². The van der Waals surface area contributed by atoms with Crippen molar-refractivity contribution >= 4 is 39.5 Å². The van der Waals surface area contributed by atoms with Crippen molar-refractivity contribution < 1.29 is 13.9 Å². The monoisotopic (exact) mass is 532 g/mol. The van der Waals surface area contributed by atoms with Crippen LogP contribution in [-0.4, -0.2) is 53.8 Å². The molecular weight excluding hydrogens is 504 g/mol. The fourth-order valence-corrected chi connectivity index (χ4v) is 5.21. The Labute approximate surface area is 230 Å². The molecule has 5 heterocycles. The first kappa shape index (κ1) is 24.1. The molecule has 0 aliphatic carbocycles. The van der Waals surface area contributed by atoms with Crippen LogP contribution in [0.4, 0.5) is 0 Å². The van der Waals surface area contributed by atoms with Crippen molar-refractivity contribution in [2.75, 3.05) is 26.2 Å². The van der Waals surface area contributed by atoms with E-state index >= 15 is 0 Å². The van der Waals surface area contributed by atoms with Crippen molar-refractivity contribution in [1.82, 2.24) is 20.6 Å². The van der Waals surface area contributed by atoms with E-state index in [-0.39, 0.29) is 5.97 Å². The number of benzene rings is 2. The number of aromatic amines is 1. The summed E-state index contributed by atoms with van der Waals surface area (Å²) in [6, 6.07) is 18.1. The van der Waals surface area contributed by atoms with Gasteiger partial charge in [-0.05, 0) is 48.7 Å². The van der Waals surface area contributed by atoms with E-state index in [1.54, 1.807) is 0 Å². The van der Waals surface area contributed by atoms with Gasteiger partial charge in [-0.25, -0.2) is 0 Å². The highest BCUT2D eigenvalue weighted by Gasteiger charge is 2.19. The first-order valence-corrected chi connectivity index (χ1v) is 13.5. The minimum Gasteiger partial charge on any atom is -0.453 e. The molecule has 0 saturated heterocycles. The van der Waals surface area contributed by atoms with E-state index in [0.29, 0.717) is 17.1 Å². The maximum atomic E-state index is 12.0. The standard InChI is InChI=1S/C31H28N6O3/c1-18(38)39-29-23-8-6-21(30-32-10-2-11-33-30)14-25(23)37-28(29)24-9-7-22(17-36-24)19-4-5-20-16-27(40-26(20)15-19)31-34-12-3-13-35-31/h4-9,14-17,37H,2-3,10-13H2,1H3,(H,32,33)(H,34,35). The number of furan rings is 1. The van der Waals surface area contributed by atoms with Gasteiger partial charge in [0.1, 0.15) is 17.1 Å². The molecule has 7 rings (SSSR count). The summed E-state index contributed by atoms with van der Waals surface area (Å²) >= 11 is 0. The molecule has 40 heavy (non-hydrogen) atoms. The van der Waals surface area contributed by atoms with Crippen LogP contribution in [0.15, 0.2) is 75.2 Å². The summed E-state index contributed by atoms with van der Waals surface area (Å²) in [5.41, 5.74) is 5.90. The Morgan fingerprint density at radius 2 is 1.65 bits per heavy atom. The Kier molecular flexibility index (Phi) is 6.03. The van der Waals surface area contributed by atoms with Gasteiger partial charge in [-0.15, -0.1) is 0 Å². The number of aromatic nitrogens is 2. The lowest BCUT2D eigenvalue weighted by atomic mass is 10.1. The van der Waals surface area contributed by atoms with Crippen LogP contribution in [-0.2, 0) is 4.79 Å². The van der Waals surface area contributed by atoms with Crippen molar-refractivity contribution in [1.29, 1.82) is 0 Å². The largest absolute Gasteiger partial charge is 0.453 e. The first-order valence-electron chi connectivity index (χ1n) is 13.5. The van der Waals surface area contributed by atoms with Gasteiger partial charge in [-0.3, -0.25) is 19.8 Å². The summed E-state index contributed by atoms with van der Waals surface area (Å²) in [5, 5.41) is 8.51. The number of pyridine rings is 1. The van der Waals surface area contributed by atoms with Gasteiger partial charge in [0.15, 0.2) is 17.3 Å². The topological polar surface area (TPSA) is 117 Å². The normalized spacial score (nSPS) is 15.3. The number of amidine groups is 2. The zero-order chi connectivity index (χ0) is 27.1. The highest BCUT2D eigenvalue weighted by atomic mass is 16.5. The third kappa shape index (κ3) is 4.49. The number of hydrogen-bond donors (Lipinski definition) is 3. The molecule has 0 atom stereocenters. The number of aliphatic imine (C=N–C) groups is 2. The van der Waals surface area contributed by atoms with Crippen LogP contribution in [0.5, 0.6) is 5.75 Å². The zero-order valence-corrected chi connectivity index (χ0v) is 22.1. The highest BCUT2D eigenvalue weighted by molar-refractivity contribution is 6.04. The first-order chi connectivity index (χ1) is 19.6. The lowest BCUT2D eigenvalue weighted by Gasteiger charge is -2.14. The predicted octanol–water partition coefficient (Wildman–Crippen LogP) is 5.05. The van der Waals surface area contributed by atoms with Gasteiger partial charge >= 0.3 is 5.97 Å². The van der Waals surface area contributed by atoms with E-state index < -0.39 is 0 Å². The Morgan fingerprint density at radius 3 is 2.38 bits per heavy atom. The SMILES string of the molecule is CC(=O)Oc1c(-c2ccc(-c3ccc4cc(C5=NCCCN5)oc4c3)cn2)[nH]c2cc(C3=NCCCN3)ccc12. The van der Waals surface area contributed by atoms with Crippen LogP contribution < -0.4 is 15.4 Å². The van der Waals surface area contributed by atoms with E-state index in [0.717, 1.165) is 95.0 Å². The number of nitrogens with one attached hydrogen (secondary N) is 3. The molecule has 9 heteroatoms. The van der Waals surface area contributed by atoms with Crippen LogP contribution in [0, 0.1) is 0 Å². The second-order valence-electron chi connectivity index (χ2n) is 10.00. The average Bonchev–Trinajstić information content (AvgIpc) is 3.59. The number of esters is 1. The van der Waals surface area contributed by atoms with E-state index in [9.17, 15) is 4.79 Å². The summed E-state index contributed by atoms with van der Waals surface area (Å²) in [6.07, 6.45) is 3.88. The second-order valence-corrected chi connectivity index (χ2v) is 10.00. The third-order valence-corrected chi connectivity index (χ3v) is 7.17. The highest BCUT2D eigenvalue weighted by Crippen LogP contribution is 2.38. The molecule has 5 aromatic rings. The lowest BCUT2D eigenvalue weighted by molar-refractivity contribution is -0.131. The minimum absolute atomic E-state index is 0.387. The molecule has 2 aliphatic rings. The molecule has 0 unspecified atom stereocenters. The van der Waals surface area contributed by atoms with Gasteiger partial charge in [0.05, 0.1) is 11.2 Å². The molecule has 0 saturated carbocycles. The number of fused-ring (bicyclic) bond motifs is 2. The fourth-order valence-electron chi connectivity index (χ4n) is 5.21. The number of rotatable bonds is 5. The minimum atomic E-state index is -0.387. The van der Waals surface area contributed by atoms with Crippen LogP contribution in [0.3, 0.4) is 0 Å². The van der Waals surface area contributed by atoms with E-state index in [1.807, 2.05) is 48.7 Å². The Bertz CT molecular complexity index is 1810. The molecule has 0 amide bonds. The van der Waals surface area contributed by atoms with Crippen molar-refractivity contribution in [2.45, 2.75) is 19.8 Å². The maximum Gasteiger partial charge on any atom is 0.308 e. The quantitative estimate of drug-likeness (QED) is 0.273. The van der Waals surface area contributed by atoms with Crippen molar-refractivity contribution in [2.24, 2.45) is 9.98 Å². The molecule has 0 spiro atoms. The second kappa shape index (κ2) is 10.00. The molecule has 3 N–H and O–H groups in total. The van der Waals surface area contributed by atoms with Crippen LogP contribution in [0.1, 0.15) is 31.1 Å². The molecule has 2 aliphatic heterocycles. The fraction of sp³-hybridized carbons (Fsp3) is 0.226. The van der Waals surface area contributed by atoms with Gasteiger partial charge in [0.25, 0.3) is 0 Å². The molecule has 0 fully saturated rings. The molecular formula is C31H28N6O3. The smallest absolute Gasteiger partial charge is 0.308 e. The number of carbonyl (C=O) groups excluding carboxylic acids is 1. The van der Waals surface area contributed by atoms with Gasteiger partial charge in [-0.1, -0.05) is 24.3 Å². The Morgan fingerprint density at radius 1 is 0.875 bits per heavy atom. The molecule has 0 radical (unpaired) electrons. The molecule has 2 aromatic carbocycles. The maximum absolute atomic E-state index is 12.0. The summed E-state index contributed by atoms with van der Waals surface area (Å²) in [6.45, 7) is 4.84. The summed E-state index contributed by atoms with van der Waals surface area (Å²) in [4.78, 5) is 29.3. The van der Waals surface area contributed by atoms with Crippen molar-refractivity contribution in [3.8, 4) is 28.3 Å². The van der Waals surface area contributed by atoms with E-state index in [4.69, 9.17) is 14.1 Å². The molecule has 200 valence electrons. The van der Waals surface area contributed by atoms with Gasteiger partial charge in [0, 0.05) is 61.2 Å². The number of H-pyrrole nitrogens is 1. The Hall–Kier alpha value is -4.92. The summed E-state index contributed by atoms with van der Waals surface area (Å²) in [7, 11) is 0. The van der Waals surface area contributed by atoms with Gasteiger partial charge < -0.3 is 24.8 Å². The predicted molar refractivity (Wildman–Crippen MR) is 156 cm³/mol. The summed E-state index contributed by atoms with van der Waals surface area (Å²) in [5.74, 6) is 2.53. The summed E-state index contributed by atoms with van der Waals surface area (Å²) < 4.78 is 11.8. The lowest BCUT2D eigenvalue weighted by Crippen LogP contribution is -2.30. The van der Waals surface area contributed by atoms with E-state index in [2.05, 4.69) is 37.7 Å². The number of nitrogens with zero attached hydrogens (tertiary/aromatic N) is 3. The Balaban J connectivity index is 1.22. The molecule has 3 aromatic heterocycles. The van der Waals surface area contributed by atoms with Gasteiger partial charge in [-0.2, -0.15) is 0 Å². The average molecular weight is 533 g/mol. The van der Waals surface area contributed by atoms with Crippen LogP contribution >= 0.6 is 0 Å². The van der Waals surface area contributed by atoms with E-state index in [1.165, 1.54) is 6.92 Å². The van der Waals surface area contributed by atoms with Crippen LogP contribution in [0.2, 0.25) is 0 Å². The zero-order valence-electron chi connectivity index (χ0n) is 22.1. The van der Waals surface area contributed by atoms with Crippen molar-refractivity contribution in [3.05, 3.63) is 72.1 Å². The molecule has 0 bridgehead atoms. The molecule has 9 nitrogen and oxygen atoms in total. The number of carbonyl (C=O) groups is 1. The van der Waals surface area contributed by atoms with Gasteiger partial charge in [0.2, 0.25) is 0 Å². The number of ether oxygens (including phenoxy) is 1. The third-order valence-electron chi connectivity index (χ3n) is 7.17.